The fraction of sp³-hybridized carbons (Fsp3) is 1.00. The summed E-state index contributed by atoms with van der Waals surface area (Å²) in [4.78, 5) is 0. The normalized spacial score (nSPS) is 43.2. The lowest BCUT2D eigenvalue weighted by Gasteiger charge is -2.49. The van der Waals surface area contributed by atoms with E-state index in [0.717, 1.165) is 71.0 Å². The maximum Gasteiger partial charge on any atom is -0.0324 e. The van der Waals surface area contributed by atoms with Crippen LogP contribution >= 0.6 is 0 Å². The topological polar surface area (TPSA) is 0 Å². The highest BCUT2D eigenvalue weighted by Gasteiger charge is 2.47. The van der Waals surface area contributed by atoms with Crippen molar-refractivity contribution < 1.29 is 0 Å². The molecule has 0 bridgehead atoms. The van der Waals surface area contributed by atoms with Crippen LogP contribution < -0.4 is 0 Å². The molecule has 0 spiro atoms. The molecule has 0 aliphatic heterocycles. The Kier molecular flexibility index (Phi) is 14.4. The SMILES string of the molecule is CCCC1CC(C)CCC1CCC1CCC(CC)CC1.CCCCC1C(C)CC2CCCC2C1C1CCC(C)CC1. The molecule has 5 saturated carbocycles. The molecule has 41 heavy (non-hydrogen) atoms. The quantitative estimate of drug-likeness (QED) is 0.246. The average Bonchev–Trinajstić information content (AvgIpc) is 3.45. The summed E-state index contributed by atoms with van der Waals surface area (Å²) in [6.45, 7) is 14.7. The van der Waals surface area contributed by atoms with Crippen molar-refractivity contribution in [1.82, 2.24) is 0 Å². The van der Waals surface area contributed by atoms with Gasteiger partial charge in [0.15, 0.2) is 0 Å². The number of unbranched alkanes of at least 4 members (excludes halogenated alkanes) is 1. The monoisotopic (exact) mass is 569 g/mol. The van der Waals surface area contributed by atoms with Gasteiger partial charge in [0.2, 0.25) is 0 Å². The third-order valence-corrected chi connectivity index (χ3v) is 14.2. The minimum absolute atomic E-state index is 1.00. The van der Waals surface area contributed by atoms with Gasteiger partial charge in [-0.1, -0.05) is 138 Å². The maximum atomic E-state index is 2.60. The first-order valence-corrected chi connectivity index (χ1v) is 19.9. The van der Waals surface area contributed by atoms with Crippen LogP contribution in [-0.2, 0) is 0 Å². The van der Waals surface area contributed by atoms with Crippen molar-refractivity contribution in [1.29, 1.82) is 0 Å². The molecule has 0 aromatic rings. The van der Waals surface area contributed by atoms with Gasteiger partial charge in [0, 0.05) is 0 Å². The summed E-state index contributed by atoms with van der Waals surface area (Å²) in [7, 11) is 0. The van der Waals surface area contributed by atoms with Crippen LogP contribution in [0.3, 0.4) is 0 Å². The standard InChI is InChI=1S/C21H38.C20H38/c1-4-5-8-19-16(3)14-18-7-6-9-20(18)21(19)17-12-10-15(2)11-13-17;1-4-6-20-15-16(3)7-13-19(20)14-12-18-10-8-17(5-2)9-11-18/h15-21H,4-14H2,1-3H3;16-20H,4-15H2,1-3H3. The Morgan fingerprint density at radius 1 is 0.512 bits per heavy atom. The number of fused-ring (bicyclic) bond motifs is 1. The third kappa shape index (κ3) is 9.74. The largest absolute Gasteiger partial charge is 0.0654 e. The molecule has 0 aromatic heterocycles. The second-order valence-electron chi connectivity index (χ2n) is 17.1. The van der Waals surface area contributed by atoms with Gasteiger partial charge in [-0.3, -0.25) is 0 Å². The van der Waals surface area contributed by atoms with Crippen LogP contribution in [0.4, 0.5) is 0 Å². The molecule has 0 saturated heterocycles. The molecule has 5 aliphatic carbocycles. The van der Waals surface area contributed by atoms with Gasteiger partial charge in [0.05, 0.1) is 0 Å². The van der Waals surface area contributed by atoms with Crippen LogP contribution in [-0.4, -0.2) is 0 Å². The van der Waals surface area contributed by atoms with Crippen LogP contribution in [0, 0.1) is 71.0 Å². The van der Waals surface area contributed by atoms with E-state index in [-0.39, 0.29) is 0 Å². The molecule has 240 valence electrons. The summed E-state index contributed by atoms with van der Waals surface area (Å²) >= 11 is 0. The first-order valence-electron chi connectivity index (χ1n) is 19.9. The van der Waals surface area contributed by atoms with E-state index in [1.807, 2.05) is 0 Å². The van der Waals surface area contributed by atoms with Crippen molar-refractivity contribution in [3.8, 4) is 0 Å². The van der Waals surface area contributed by atoms with Gasteiger partial charge in [0.25, 0.3) is 0 Å². The van der Waals surface area contributed by atoms with E-state index in [0.29, 0.717) is 0 Å². The zero-order valence-electron chi connectivity index (χ0n) is 29.2. The predicted molar refractivity (Wildman–Crippen MR) is 182 cm³/mol. The summed E-state index contributed by atoms with van der Waals surface area (Å²) in [5.41, 5.74) is 0. The van der Waals surface area contributed by atoms with Crippen LogP contribution in [0.2, 0.25) is 0 Å². The molecule has 0 heteroatoms. The van der Waals surface area contributed by atoms with E-state index < -0.39 is 0 Å². The lowest BCUT2D eigenvalue weighted by Crippen LogP contribution is -2.42. The molecule has 0 aromatic carbocycles. The molecule has 0 heterocycles. The second-order valence-corrected chi connectivity index (χ2v) is 17.1. The molecule has 0 N–H and O–H groups in total. The van der Waals surface area contributed by atoms with Crippen molar-refractivity contribution >= 4 is 0 Å². The zero-order valence-corrected chi connectivity index (χ0v) is 29.2. The lowest BCUT2D eigenvalue weighted by atomic mass is 9.56. The average molecular weight is 569 g/mol. The van der Waals surface area contributed by atoms with Gasteiger partial charge in [-0.15, -0.1) is 0 Å². The number of hydrogen-bond donors (Lipinski definition) is 0. The highest BCUT2D eigenvalue weighted by Crippen LogP contribution is 2.56. The molecule has 8 atom stereocenters. The second kappa shape index (κ2) is 17.5. The molecule has 0 amide bonds. The van der Waals surface area contributed by atoms with Crippen molar-refractivity contribution in [2.75, 3.05) is 0 Å². The zero-order chi connectivity index (χ0) is 29.2. The van der Waals surface area contributed by atoms with E-state index in [4.69, 9.17) is 0 Å². The summed E-state index contributed by atoms with van der Waals surface area (Å²) in [5.74, 6) is 12.8. The van der Waals surface area contributed by atoms with Crippen LogP contribution in [0.25, 0.3) is 0 Å². The van der Waals surface area contributed by atoms with Crippen molar-refractivity contribution in [2.24, 2.45) is 71.0 Å². The van der Waals surface area contributed by atoms with Gasteiger partial charge < -0.3 is 0 Å². The Hall–Kier alpha value is 0. The molecule has 5 aliphatic rings. The maximum absolute atomic E-state index is 2.60. The highest BCUT2D eigenvalue weighted by atomic mass is 14.5. The van der Waals surface area contributed by atoms with E-state index in [1.165, 1.54) is 83.5 Å². The number of hydrogen-bond acceptors (Lipinski definition) is 0. The Labute approximate surface area is 259 Å². The van der Waals surface area contributed by atoms with Crippen LogP contribution in [0.1, 0.15) is 189 Å². The van der Waals surface area contributed by atoms with Crippen molar-refractivity contribution in [3.63, 3.8) is 0 Å². The first kappa shape index (κ1) is 33.9. The van der Waals surface area contributed by atoms with E-state index in [9.17, 15) is 0 Å². The summed E-state index contributed by atoms with van der Waals surface area (Å²) < 4.78 is 0. The first-order chi connectivity index (χ1) is 19.9. The fourth-order valence-corrected chi connectivity index (χ4v) is 11.5. The smallest absolute Gasteiger partial charge is 0.0324 e. The molecule has 0 radical (unpaired) electrons. The van der Waals surface area contributed by atoms with E-state index >= 15 is 0 Å². The minimum Gasteiger partial charge on any atom is -0.0654 e. The minimum atomic E-state index is 1.00. The Morgan fingerprint density at radius 2 is 1.22 bits per heavy atom. The molecule has 5 rings (SSSR count). The van der Waals surface area contributed by atoms with Crippen molar-refractivity contribution in [3.05, 3.63) is 0 Å². The predicted octanol–water partition coefficient (Wildman–Crippen LogP) is 13.5. The van der Waals surface area contributed by atoms with Gasteiger partial charge in [0.1, 0.15) is 0 Å². The van der Waals surface area contributed by atoms with E-state index in [2.05, 4.69) is 41.5 Å². The lowest BCUT2D eigenvalue weighted by molar-refractivity contribution is -0.00156. The highest BCUT2D eigenvalue weighted by molar-refractivity contribution is 4.97. The third-order valence-electron chi connectivity index (χ3n) is 14.2. The fourth-order valence-electron chi connectivity index (χ4n) is 11.5. The van der Waals surface area contributed by atoms with Gasteiger partial charge in [-0.05, 0) is 122 Å². The summed E-state index contributed by atoms with van der Waals surface area (Å²) in [6, 6.07) is 0. The summed E-state index contributed by atoms with van der Waals surface area (Å²) in [6.07, 6.45) is 35.0. The van der Waals surface area contributed by atoms with Gasteiger partial charge >= 0.3 is 0 Å². The Bertz CT molecular complexity index is 678. The summed E-state index contributed by atoms with van der Waals surface area (Å²) in [5, 5.41) is 0. The van der Waals surface area contributed by atoms with Gasteiger partial charge in [-0.25, -0.2) is 0 Å². The van der Waals surface area contributed by atoms with Crippen LogP contribution in [0.15, 0.2) is 0 Å². The Morgan fingerprint density at radius 3 is 1.90 bits per heavy atom. The van der Waals surface area contributed by atoms with Crippen molar-refractivity contribution in [2.45, 2.75) is 189 Å². The van der Waals surface area contributed by atoms with Gasteiger partial charge in [-0.2, -0.15) is 0 Å². The molecule has 8 unspecified atom stereocenters. The molecular weight excluding hydrogens is 492 g/mol. The number of rotatable bonds is 10. The van der Waals surface area contributed by atoms with E-state index in [1.54, 1.807) is 64.2 Å². The molecule has 0 nitrogen and oxygen atoms in total. The molecular formula is C41H76. The Balaban J connectivity index is 0.000000189. The van der Waals surface area contributed by atoms with Crippen LogP contribution in [0.5, 0.6) is 0 Å². The molecule has 5 fully saturated rings.